The summed E-state index contributed by atoms with van der Waals surface area (Å²) < 4.78 is 5.57. The van der Waals surface area contributed by atoms with Gasteiger partial charge in [0.25, 0.3) is 0 Å². The zero-order valence-electron chi connectivity index (χ0n) is 14.0. The van der Waals surface area contributed by atoms with Gasteiger partial charge in [-0.15, -0.1) is 11.3 Å². The Hall–Kier alpha value is -2.05. The highest BCUT2D eigenvalue weighted by molar-refractivity contribution is 7.09. The number of nitrogens with one attached hydrogen (secondary N) is 2. The van der Waals surface area contributed by atoms with Crippen LogP contribution in [-0.2, 0) is 13.0 Å². The molecular formula is C18H23N3O2S. The lowest BCUT2D eigenvalue weighted by Gasteiger charge is -2.25. The Bertz CT molecular complexity index is 686. The average Bonchev–Trinajstić information content (AvgIpc) is 3.23. The van der Waals surface area contributed by atoms with E-state index < -0.39 is 0 Å². The molecule has 24 heavy (non-hydrogen) atoms. The normalized spacial score (nSPS) is 14.1. The lowest BCUT2D eigenvalue weighted by atomic mass is 10.0. The van der Waals surface area contributed by atoms with Gasteiger partial charge in [0, 0.05) is 17.8 Å². The van der Waals surface area contributed by atoms with E-state index in [9.17, 15) is 4.79 Å². The monoisotopic (exact) mass is 345 g/mol. The zero-order chi connectivity index (χ0) is 16.9. The second-order valence-electron chi connectivity index (χ2n) is 6.09. The number of carbonyl (C=O) groups excluding carboxylic acids is 1. The topological polar surface area (TPSA) is 53.6 Å². The first-order chi connectivity index (χ1) is 11.6. The van der Waals surface area contributed by atoms with Gasteiger partial charge >= 0.3 is 6.03 Å². The number of rotatable bonds is 6. The number of benzene rings is 1. The van der Waals surface area contributed by atoms with E-state index in [0.717, 1.165) is 23.7 Å². The summed E-state index contributed by atoms with van der Waals surface area (Å²) in [6, 6.07) is 10.3. The van der Waals surface area contributed by atoms with Crippen molar-refractivity contribution in [2.45, 2.75) is 19.0 Å². The molecule has 2 N–H and O–H groups in total. The fraction of sp³-hybridized carbons (Fsp3) is 0.389. The fourth-order valence-corrected chi connectivity index (χ4v) is 3.49. The third-order valence-corrected chi connectivity index (χ3v) is 5.06. The molecule has 0 saturated carbocycles. The number of amides is 2. The van der Waals surface area contributed by atoms with E-state index in [1.165, 1.54) is 11.1 Å². The molecule has 0 aliphatic carbocycles. The van der Waals surface area contributed by atoms with Crippen LogP contribution < -0.4 is 15.4 Å². The minimum atomic E-state index is -0.139. The van der Waals surface area contributed by atoms with Gasteiger partial charge < -0.3 is 20.3 Å². The van der Waals surface area contributed by atoms with Crippen LogP contribution in [0.1, 0.15) is 22.0 Å². The Morgan fingerprint density at radius 3 is 2.96 bits per heavy atom. The maximum atomic E-state index is 12.0. The molecule has 1 aromatic carbocycles. The summed E-state index contributed by atoms with van der Waals surface area (Å²) in [4.78, 5) is 15.3. The molecule has 0 fully saturated rings. The van der Waals surface area contributed by atoms with E-state index in [4.69, 9.17) is 4.74 Å². The number of likely N-dealkylation sites (N-methyl/N-ethyl adjacent to an activating group) is 1. The van der Waals surface area contributed by atoms with E-state index in [1.54, 1.807) is 11.3 Å². The van der Waals surface area contributed by atoms with Crippen LogP contribution >= 0.6 is 11.3 Å². The van der Waals surface area contributed by atoms with Crippen molar-refractivity contribution < 1.29 is 9.53 Å². The molecule has 0 saturated heterocycles. The largest absolute Gasteiger partial charge is 0.493 e. The van der Waals surface area contributed by atoms with Crippen LogP contribution in [0.4, 0.5) is 4.79 Å². The molecule has 1 aromatic heterocycles. The Kier molecular flexibility index (Phi) is 5.37. The van der Waals surface area contributed by atoms with Crippen LogP contribution in [0.15, 0.2) is 35.7 Å². The van der Waals surface area contributed by atoms with Crippen molar-refractivity contribution in [3.05, 3.63) is 51.7 Å². The second kappa shape index (κ2) is 7.68. The Morgan fingerprint density at radius 1 is 1.33 bits per heavy atom. The molecule has 0 spiro atoms. The molecule has 6 heteroatoms. The molecule has 3 rings (SSSR count). The first-order valence-electron chi connectivity index (χ1n) is 8.09. The van der Waals surface area contributed by atoms with Crippen molar-refractivity contribution in [2.75, 3.05) is 27.2 Å². The van der Waals surface area contributed by atoms with Crippen LogP contribution in [0.3, 0.4) is 0 Å². The minimum absolute atomic E-state index is 0.128. The number of hydrogen-bond acceptors (Lipinski definition) is 4. The maximum Gasteiger partial charge on any atom is 0.315 e. The predicted molar refractivity (Wildman–Crippen MR) is 96.6 cm³/mol. The molecule has 1 aliphatic rings. The summed E-state index contributed by atoms with van der Waals surface area (Å²) in [5.41, 5.74) is 2.45. The molecule has 2 amide bonds. The van der Waals surface area contributed by atoms with Crippen molar-refractivity contribution >= 4 is 17.4 Å². The van der Waals surface area contributed by atoms with Gasteiger partial charge in [0.05, 0.1) is 19.2 Å². The summed E-state index contributed by atoms with van der Waals surface area (Å²) in [5, 5.41) is 7.88. The quantitative estimate of drug-likeness (QED) is 0.846. The summed E-state index contributed by atoms with van der Waals surface area (Å²) in [6.45, 7) is 1.88. The Balaban J connectivity index is 1.57. The molecule has 1 unspecified atom stereocenters. The van der Waals surface area contributed by atoms with Gasteiger partial charge in [0.1, 0.15) is 5.75 Å². The van der Waals surface area contributed by atoms with Crippen LogP contribution in [0.25, 0.3) is 0 Å². The Labute approximate surface area is 146 Å². The number of carbonyl (C=O) groups is 1. The molecule has 2 heterocycles. The van der Waals surface area contributed by atoms with Gasteiger partial charge in [0.2, 0.25) is 0 Å². The van der Waals surface area contributed by atoms with Gasteiger partial charge in [-0.3, -0.25) is 0 Å². The van der Waals surface area contributed by atoms with Crippen molar-refractivity contribution in [2.24, 2.45) is 0 Å². The molecule has 1 atom stereocenters. The molecule has 2 aromatic rings. The lowest BCUT2D eigenvalue weighted by Crippen LogP contribution is -2.40. The van der Waals surface area contributed by atoms with Gasteiger partial charge in [0.15, 0.2) is 0 Å². The van der Waals surface area contributed by atoms with Crippen LogP contribution in [-0.4, -0.2) is 38.2 Å². The lowest BCUT2D eigenvalue weighted by molar-refractivity contribution is 0.232. The number of ether oxygens (including phenoxy) is 1. The van der Waals surface area contributed by atoms with Gasteiger partial charge in [-0.2, -0.15) is 0 Å². The number of nitrogens with zero attached hydrogens (tertiary/aromatic N) is 1. The molecule has 128 valence electrons. The highest BCUT2D eigenvalue weighted by Gasteiger charge is 2.19. The SMILES string of the molecule is CN(C)C(CNC(=O)NCc1cccs1)c1ccc2c(c1)CCO2. The highest BCUT2D eigenvalue weighted by atomic mass is 32.1. The first-order valence-corrected chi connectivity index (χ1v) is 8.97. The first kappa shape index (κ1) is 16.8. The highest BCUT2D eigenvalue weighted by Crippen LogP contribution is 2.29. The van der Waals surface area contributed by atoms with E-state index in [2.05, 4.69) is 27.7 Å². The number of hydrogen-bond donors (Lipinski definition) is 2. The number of urea groups is 1. The summed E-state index contributed by atoms with van der Waals surface area (Å²) in [5.74, 6) is 0.984. The zero-order valence-corrected chi connectivity index (χ0v) is 14.9. The van der Waals surface area contributed by atoms with Crippen LogP contribution in [0, 0.1) is 0 Å². The third kappa shape index (κ3) is 4.07. The van der Waals surface area contributed by atoms with Gasteiger partial charge in [-0.05, 0) is 42.7 Å². The van der Waals surface area contributed by atoms with Crippen LogP contribution in [0.2, 0.25) is 0 Å². The third-order valence-electron chi connectivity index (χ3n) is 4.18. The average molecular weight is 345 g/mol. The summed E-state index contributed by atoms with van der Waals surface area (Å²) in [6.07, 6.45) is 0.956. The molecule has 0 bridgehead atoms. The van der Waals surface area contributed by atoms with E-state index >= 15 is 0 Å². The summed E-state index contributed by atoms with van der Waals surface area (Å²) in [7, 11) is 4.05. The number of thiophene rings is 1. The number of fused-ring (bicyclic) bond motifs is 1. The van der Waals surface area contributed by atoms with Crippen molar-refractivity contribution in [1.29, 1.82) is 0 Å². The van der Waals surface area contributed by atoms with Gasteiger partial charge in [-0.25, -0.2) is 4.79 Å². The van der Waals surface area contributed by atoms with Crippen molar-refractivity contribution in [3.63, 3.8) is 0 Å². The molecule has 0 radical (unpaired) electrons. The maximum absolute atomic E-state index is 12.0. The molecular weight excluding hydrogens is 322 g/mol. The van der Waals surface area contributed by atoms with E-state index in [-0.39, 0.29) is 12.1 Å². The smallest absolute Gasteiger partial charge is 0.315 e. The van der Waals surface area contributed by atoms with E-state index in [0.29, 0.717) is 13.1 Å². The van der Waals surface area contributed by atoms with Crippen molar-refractivity contribution in [1.82, 2.24) is 15.5 Å². The second-order valence-corrected chi connectivity index (χ2v) is 7.12. The fourth-order valence-electron chi connectivity index (χ4n) is 2.84. The Morgan fingerprint density at radius 2 is 2.21 bits per heavy atom. The van der Waals surface area contributed by atoms with Gasteiger partial charge in [-0.1, -0.05) is 18.2 Å². The van der Waals surface area contributed by atoms with Crippen LogP contribution in [0.5, 0.6) is 5.75 Å². The van der Waals surface area contributed by atoms with E-state index in [1.807, 2.05) is 37.7 Å². The summed E-state index contributed by atoms with van der Waals surface area (Å²) >= 11 is 1.64. The van der Waals surface area contributed by atoms with Crippen molar-refractivity contribution in [3.8, 4) is 5.75 Å². The molecule has 1 aliphatic heterocycles. The standard InChI is InChI=1S/C18H23N3O2S/c1-21(2)16(13-5-6-17-14(10-13)7-8-23-17)12-20-18(22)19-11-15-4-3-9-24-15/h3-6,9-10,16H,7-8,11-12H2,1-2H3,(H2,19,20,22). The predicted octanol–water partition coefficient (Wildman–Crippen LogP) is 2.79. The molecule has 5 nitrogen and oxygen atoms in total. The minimum Gasteiger partial charge on any atom is -0.493 e.